The largest absolute Gasteiger partial charge is 0.306 e. The van der Waals surface area contributed by atoms with Crippen LogP contribution in [0.15, 0.2) is 23.2 Å². The number of hydrogen-bond acceptors (Lipinski definition) is 4. The van der Waals surface area contributed by atoms with Gasteiger partial charge in [0.1, 0.15) is 0 Å². The van der Waals surface area contributed by atoms with Gasteiger partial charge in [-0.3, -0.25) is 4.99 Å². The smallest absolute Gasteiger partial charge is 0.0972 e. The Balaban J connectivity index is 1.42. The lowest BCUT2D eigenvalue weighted by atomic mass is 9.67. The van der Waals surface area contributed by atoms with Gasteiger partial charge in [-0.2, -0.15) is 0 Å². The van der Waals surface area contributed by atoms with Gasteiger partial charge in [-0.15, -0.1) is 11.3 Å². The molecule has 0 radical (unpaired) electrons. The summed E-state index contributed by atoms with van der Waals surface area (Å²) in [6.07, 6.45) is 3.71. The topological polar surface area (TPSA) is 28.5 Å². The fourth-order valence-electron chi connectivity index (χ4n) is 4.75. The van der Waals surface area contributed by atoms with Crippen LogP contribution in [0.4, 0.5) is 0 Å². The van der Waals surface area contributed by atoms with E-state index in [1.807, 2.05) is 11.3 Å². The maximum absolute atomic E-state index is 5.04. The van der Waals surface area contributed by atoms with Crippen molar-refractivity contribution in [3.63, 3.8) is 0 Å². The van der Waals surface area contributed by atoms with Crippen molar-refractivity contribution in [2.24, 2.45) is 22.7 Å². The van der Waals surface area contributed by atoms with Gasteiger partial charge in [0.15, 0.2) is 0 Å². The molecule has 5 rings (SSSR count). The van der Waals surface area contributed by atoms with E-state index in [2.05, 4.69) is 37.1 Å². The third kappa shape index (κ3) is 2.42. The van der Waals surface area contributed by atoms with Gasteiger partial charge in [-0.25, -0.2) is 4.98 Å². The standard InChI is InChI=1S/C20H25N3S/c1-12-3-5-17(21-9-12)13-4-6-19-18(8-13)22-20(24-19)15-7-14-10-23(2)11-16(14)15/h4,6,8,12,14-16H,3,5,7,9-11H2,1-2H3/t12-,14?,15?,16?/m0/s1. The minimum absolute atomic E-state index is 0.702. The third-order valence-electron chi connectivity index (χ3n) is 6.27. The van der Waals surface area contributed by atoms with E-state index in [-0.39, 0.29) is 0 Å². The number of aromatic nitrogens is 1. The Kier molecular flexibility index (Phi) is 3.53. The molecule has 24 heavy (non-hydrogen) atoms. The highest BCUT2D eigenvalue weighted by Crippen LogP contribution is 2.52. The van der Waals surface area contributed by atoms with E-state index in [1.165, 1.54) is 52.4 Å². The second kappa shape index (κ2) is 5.63. The van der Waals surface area contributed by atoms with Gasteiger partial charge in [0.25, 0.3) is 0 Å². The first-order chi connectivity index (χ1) is 11.7. The number of aliphatic imine (C=N–C) groups is 1. The van der Waals surface area contributed by atoms with Gasteiger partial charge in [-0.1, -0.05) is 13.0 Å². The first-order valence-corrected chi connectivity index (χ1v) is 10.1. The molecule has 0 bridgehead atoms. The third-order valence-corrected chi connectivity index (χ3v) is 7.44. The second-order valence-electron chi connectivity index (χ2n) is 8.15. The minimum atomic E-state index is 0.702. The number of thiazole rings is 1. The zero-order valence-corrected chi connectivity index (χ0v) is 15.4. The molecule has 1 aromatic heterocycles. The Morgan fingerprint density at radius 3 is 2.96 bits per heavy atom. The molecule has 3 aliphatic rings. The number of hydrogen-bond donors (Lipinski definition) is 0. The average Bonchev–Trinajstić information content (AvgIpc) is 3.10. The molecule has 0 N–H and O–H groups in total. The molecule has 126 valence electrons. The molecule has 2 aromatic rings. The lowest BCUT2D eigenvalue weighted by molar-refractivity contribution is 0.191. The Morgan fingerprint density at radius 2 is 2.17 bits per heavy atom. The van der Waals surface area contributed by atoms with Crippen LogP contribution in [0, 0.1) is 17.8 Å². The van der Waals surface area contributed by atoms with Crippen molar-refractivity contribution in [3.05, 3.63) is 28.8 Å². The SMILES string of the molecule is C[C@H]1CCC(c2ccc3sc(C4CC5CN(C)CC54)nc3c2)=NC1. The zero-order valence-electron chi connectivity index (χ0n) is 14.5. The van der Waals surface area contributed by atoms with Gasteiger partial charge in [0.2, 0.25) is 0 Å². The average molecular weight is 340 g/mol. The number of nitrogens with zero attached hydrogens (tertiary/aromatic N) is 3. The van der Waals surface area contributed by atoms with E-state index in [1.54, 1.807) is 0 Å². The maximum Gasteiger partial charge on any atom is 0.0972 e. The van der Waals surface area contributed by atoms with E-state index in [0.29, 0.717) is 5.92 Å². The van der Waals surface area contributed by atoms with Gasteiger partial charge in [-0.05, 0) is 61.8 Å². The Bertz CT molecular complexity index is 808. The lowest BCUT2D eigenvalue weighted by Crippen LogP contribution is -2.33. The summed E-state index contributed by atoms with van der Waals surface area (Å²) in [5, 5.41) is 1.37. The molecule has 1 aromatic carbocycles. The summed E-state index contributed by atoms with van der Waals surface area (Å²) in [4.78, 5) is 12.3. The van der Waals surface area contributed by atoms with Crippen LogP contribution >= 0.6 is 11.3 Å². The minimum Gasteiger partial charge on any atom is -0.306 e. The molecule has 4 heteroatoms. The molecule has 1 saturated carbocycles. The van der Waals surface area contributed by atoms with Crippen molar-refractivity contribution in [1.29, 1.82) is 0 Å². The summed E-state index contributed by atoms with van der Waals surface area (Å²) in [7, 11) is 2.26. The van der Waals surface area contributed by atoms with E-state index >= 15 is 0 Å². The van der Waals surface area contributed by atoms with Crippen LogP contribution < -0.4 is 0 Å². The molecule has 3 heterocycles. The Morgan fingerprint density at radius 1 is 1.25 bits per heavy atom. The fourth-order valence-corrected chi connectivity index (χ4v) is 5.89. The highest BCUT2D eigenvalue weighted by molar-refractivity contribution is 7.18. The molecule has 3 nitrogen and oxygen atoms in total. The maximum atomic E-state index is 5.04. The molecule has 1 saturated heterocycles. The number of rotatable bonds is 2. The summed E-state index contributed by atoms with van der Waals surface area (Å²) >= 11 is 1.92. The zero-order chi connectivity index (χ0) is 16.3. The van der Waals surface area contributed by atoms with Crippen LogP contribution in [0.1, 0.15) is 42.7 Å². The van der Waals surface area contributed by atoms with Crippen molar-refractivity contribution < 1.29 is 0 Å². The molecular formula is C20H25N3S. The quantitative estimate of drug-likeness (QED) is 0.821. The molecule has 0 amide bonds. The molecule has 4 atom stereocenters. The van der Waals surface area contributed by atoms with Crippen LogP contribution in [0.5, 0.6) is 0 Å². The molecule has 2 fully saturated rings. The predicted molar refractivity (Wildman–Crippen MR) is 101 cm³/mol. The van der Waals surface area contributed by atoms with Crippen molar-refractivity contribution in [2.45, 2.75) is 32.1 Å². The predicted octanol–water partition coefficient (Wildman–Crippen LogP) is 4.18. The molecular weight excluding hydrogens is 314 g/mol. The molecule has 2 aliphatic heterocycles. The van der Waals surface area contributed by atoms with Crippen LogP contribution in [-0.4, -0.2) is 42.3 Å². The molecule has 3 unspecified atom stereocenters. The molecule has 1 aliphatic carbocycles. The van der Waals surface area contributed by atoms with Crippen LogP contribution in [0.25, 0.3) is 10.2 Å². The van der Waals surface area contributed by atoms with Crippen LogP contribution in [0.3, 0.4) is 0 Å². The highest BCUT2D eigenvalue weighted by atomic mass is 32.1. The van der Waals surface area contributed by atoms with E-state index < -0.39 is 0 Å². The van der Waals surface area contributed by atoms with Crippen molar-refractivity contribution in [2.75, 3.05) is 26.7 Å². The summed E-state index contributed by atoms with van der Waals surface area (Å²) < 4.78 is 1.34. The second-order valence-corrected chi connectivity index (χ2v) is 9.22. The number of benzene rings is 1. The summed E-state index contributed by atoms with van der Waals surface area (Å²) in [6.45, 7) is 5.82. The normalized spacial score (nSPS) is 33.3. The van der Waals surface area contributed by atoms with Gasteiger partial charge >= 0.3 is 0 Å². The highest BCUT2D eigenvalue weighted by Gasteiger charge is 2.47. The Hall–Kier alpha value is -1.26. The Labute approximate surface area is 147 Å². The van der Waals surface area contributed by atoms with Crippen LogP contribution in [-0.2, 0) is 0 Å². The summed E-state index contributed by atoms with van der Waals surface area (Å²) in [5.41, 5.74) is 3.76. The van der Waals surface area contributed by atoms with Gasteiger partial charge in [0.05, 0.1) is 15.2 Å². The first kappa shape index (κ1) is 15.0. The lowest BCUT2D eigenvalue weighted by Gasteiger charge is -2.38. The van der Waals surface area contributed by atoms with Crippen LogP contribution in [0.2, 0.25) is 0 Å². The number of likely N-dealkylation sites (tertiary alicyclic amines) is 1. The van der Waals surface area contributed by atoms with Gasteiger partial charge in [0, 0.05) is 31.3 Å². The van der Waals surface area contributed by atoms with Crippen molar-refractivity contribution in [1.82, 2.24) is 9.88 Å². The molecule has 0 spiro atoms. The van der Waals surface area contributed by atoms with Gasteiger partial charge < -0.3 is 4.90 Å². The summed E-state index contributed by atoms with van der Waals surface area (Å²) in [6, 6.07) is 6.80. The summed E-state index contributed by atoms with van der Waals surface area (Å²) in [5.74, 6) is 3.20. The van der Waals surface area contributed by atoms with Crippen molar-refractivity contribution in [3.8, 4) is 0 Å². The number of fused-ring (bicyclic) bond motifs is 2. The van der Waals surface area contributed by atoms with E-state index in [9.17, 15) is 0 Å². The first-order valence-electron chi connectivity index (χ1n) is 9.30. The van der Waals surface area contributed by atoms with E-state index in [0.717, 1.165) is 30.7 Å². The van der Waals surface area contributed by atoms with Crippen molar-refractivity contribution >= 4 is 27.3 Å². The monoisotopic (exact) mass is 339 g/mol. The fraction of sp³-hybridized carbons (Fsp3) is 0.600. The van der Waals surface area contributed by atoms with E-state index in [4.69, 9.17) is 9.98 Å².